The van der Waals surface area contributed by atoms with Crippen molar-refractivity contribution in [2.75, 3.05) is 13.1 Å². The van der Waals surface area contributed by atoms with Crippen molar-refractivity contribution >= 4 is 11.4 Å². The van der Waals surface area contributed by atoms with Crippen molar-refractivity contribution < 1.29 is 14.3 Å². The number of Topliss-reactive ketones (excluding diaryl/α,β-unsaturated/α-hetero) is 1. The standard InChI is InChI=1S/C35H47NO3.C3H8.C2H6/c1-25-10-11-30(34(37)16-19-35(17-6-7-18-35)36-20-8-5-9-21-36)24-33(25)28(4)29-12-14-31(15-13-29)39-32-22-26(2)38-27(3)23-32;1-3-2;1-2/h10-15,24,26-27,32H,4-9,16-23H2,1-3H3;3H2,1-2H3;1-2H3/t26-,27+,32?;;. The highest BCUT2D eigenvalue weighted by atomic mass is 16.5. The molecule has 2 aromatic carbocycles. The highest BCUT2D eigenvalue weighted by Gasteiger charge is 2.39. The molecule has 44 heavy (non-hydrogen) atoms. The van der Waals surface area contributed by atoms with E-state index in [9.17, 15) is 4.79 Å². The number of carbonyl (C=O) groups excluding carboxylic acids is 1. The largest absolute Gasteiger partial charge is 0.490 e. The van der Waals surface area contributed by atoms with Crippen LogP contribution in [0.25, 0.3) is 5.57 Å². The molecule has 1 unspecified atom stereocenters. The lowest BCUT2D eigenvalue weighted by Crippen LogP contribution is -2.49. The maximum absolute atomic E-state index is 13.5. The van der Waals surface area contributed by atoms with E-state index < -0.39 is 0 Å². The molecule has 0 N–H and O–H groups in total. The summed E-state index contributed by atoms with van der Waals surface area (Å²) in [4.78, 5) is 16.2. The Bertz CT molecular complexity index is 1150. The predicted octanol–water partition coefficient (Wildman–Crippen LogP) is 10.6. The van der Waals surface area contributed by atoms with Gasteiger partial charge in [0.05, 0.1) is 12.2 Å². The molecule has 0 bridgehead atoms. The Balaban J connectivity index is 0.000000997. The minimum Gasteiger partial charge on any atom is -0.490 e. The van der Waals surface area contributed by atoms with E-state index in [0.29, 0.717) is 6.42 Å². The van der Waals surface area contributed by atoms with Crippen LogP contribution in [-0.2, 0) is 4.74 Å². The molecular weight excluding hydrogens is 542 g/mol. The van der Waals surface area contributed by atoms with Crippen LogP contribution in [0, 0.1) is 6.92 Å². The van der Waals surface area contributed by atoms with Gasteiger partial charge in [-0.2, -0.15) is 0 Å². The summed E-state index contributed by atoms with van der Waals surface area (Å²) in [6, 6.07) is 14.4. The van der Waals surface area contributed by atoms with E-state index in [1.807, 2.05) is 32.0 Å². The van der Waals surface area contributed by atoms with Crippen molar-refractivity contribution in [1.29, 1.82) is 0 Å². The maximum Gasteiger partial charge on any atom is 0.162 e. The fourth-order valence-electron chi connectivity index (χ4n) is 7.26. The summed E-state index contributed by atoms with van der Waals surface area (Å²) >= 11 is 0. The molecule has 2 heterocycles. The summed E-state index contributed by atoms with van der Waals surface area (Å²) in [7, 11) is 0. The fourth-order valence-corrected chi connectivity index (χ4v) is 7.26. The Kier molecular flexibility index (Phi) is 14.7. The van der Waals surface area contributed by atoms with Crippen LogP contribution in [0.4, 0.5) is 0 Å². The van der Waals surface area contributed by atoms with Gasteiger partial charge in [-0.1, -0.05) is 84.2 Å². The summed E-state index contributed by atoms with van der Waals surface area (Å²) in [6.45, 7) is 21.4. The minimum absolute atomic E-state index is 0.182. The van der Waals surface area contributed by atoms with Crippen LogP contribution >= 0.6 is 0 Å². The molecule has 5 rings (SSSR count). The molecule has 2 saturated heterocycles. The van der Waals surface area contributed by atoms with Gasteiger partial charge < -0.3 is 9.47 Å². The lowest BCUT2D eigenvalue weighted by Gasteiger charge is -2.44. The summed E-state index contributed by atoms with van der Waals surface area (Å²) in [5.41, 5.74) is 5.25. The topological polar surface area (TPSA) is 38.8 Å². The van der Waals surface area contributed by atoms with Gasteiger partial charge in [0.25, 0.3) is 0 Å². The number of aryl methyl sites for hydroxylation is 1. The zero-order chi connectivity index (χ0) is 32.1. The van der Waals surface area contributed by atoms with Crippen LogP contribution in [0.15, 0.2) is 49.0 Å². The zero-order valence-corrected chi connectivity index (χ0v) is 29.1. The van der Waals surface area contributed by atoms with E-state index in [2.05, 4.69) is 70.4 Å². The average Bonchev–Trinajstić information content (AvgIpc) is 3.52. The number of piperidine rings is 1. The Morgan fingerprint density at radius 1 is 0.909 bits per heavy atom. The van der Waals surface area contributed by atoms with E-state index in [-0.39, 0.29) is 29.6 Å². The average molecular weight is 604 g/mol. The lowest BCUT2D eigenvalue weighted by molar-refractivity contribution is -0.0721. The van der Waals surface area contributed by atoms with Gasteiger partial charge in [-0.05, 0) is 106 Å². The van der Waals surface area contributed by atoms with Gasteiger partial charge in [-0.15, -0.1) is 0 Å². The Morgan fingerprint density at radius 3 is 2.07 bits per heavy atom. The van der Waals surface area contributed by atoms with Crippen molar-refractivity contribution in [3.63, 3.8) is 0 Å². The van der Waals surface area contributed by atoms with Crippen LogP contribution in [-0.4, -0.2) is 47.6 Å². The number of rotatable bonds is 9. The Labute approximate surface area is 269 Å². The number of nitrogens with zero attached hydrogens (tertiary/aromatic N) is 1. The molecule has 1 saturated carbocycles. The van der Waals surface area contributed by atoms with Crippen molar-refractivity contribution in [3.8, 4) is 5.75 Å². The molecule has 2 aromatic rings. The molecule has 0 amide bonds. The molecule has 4 heteroatoms. The molecule has 1 aliphatic carbocycles. The van der Waals surface area contributed by atoms with Crippen molar-refractivity contribution in [3.05, 3.63) is 71.3 Å². The molecule has 3 fully saturated rings. The van der Waals surface area contributed by atoms with Crippen molar-refractivity contribution in [1.82, 2.24) is 4.90 Å². The van der Waals surface area contributed by atoms with Gasteiger partial charge in [0.2, 0.25) is 0 Å². The second-order valence-corrected chi connectivity index (χ2v) is 13.1. The quantitative estimate of drug-likeness (QED) is 0.267. The SMILES string of the molecule is C=C(c1ccc(OC2C[C@@H](C)O[C@@H](C)C2)cc1)c1cc(C(=O)CCC2(N3CCCCC3)CCCC2)ccc1C.CC.CCC. The third-order valence-corrected chi connectivity index (χ3v) is 9.42. The molecule has 244 valence electrons. The van der Waals surface area contributed by atoms with Crippen LogP contribution in [0.1, 0.15) is 146 Å². The molecule has 4 nitrogen and oxygen atoms in total. The Hall–Kier alpha value is -2.43. The molecule has 3 aliphatic rings. The zero-order valence-electron chi connectivity index (χ0n) is 29.1. The number of ether oxygens (including phenoxy) is 2. The first-order valence-electron chi connectivity index (χ1n) is 17.8. The van der Waals surface area contributed by atoms with Crippen molar-refractivity contribution in [2.24, 2.45) is 0 Å². The monoisotopic (exact) mass is 603 g/mol. The van der Waals surface area contributed by atoms with E-state index in [1.54, 1.807) is 0 Å². The minimum atomic E-state index is 0.182. The van der Waals surface area contributed by atoms with Gasteiger partial charge in [0.15, 0.2) is 5.78 Å². The van der Waals surface area contributed by atoms with E-state index in [4.69, 9.17) is 9.47 Å². The predicted molar refractivity (Wildman–Crippen MR) is 187 cm³/mol. The second-order valence-electron chi connectivity index (χ2n) is 13.1. The number of likely N-dealkylation sites (tertiary alicyclic amines) is 1. The summed E-state index contributed by atoms with van der Waals surface area (Å²) in [5.74, 6) is 1.14. The lowest BCUT2D eigenvalue weighted by atomic mass is 9.85. The first-order valence-corrected chi connectivity index (χ1v) is 17.8. The van der Waals surface area contributed by atoms with Crippen LogP contribution in [0.2, 0.25) is 0 Å². The second kappa shape index (κ2) is 17.9. The highest BCUT2D eigenvalue weighted by molar-refractivity contribution is 5.97. The number of benzene rings is 2. The van der Waals surface area contributed by atoms with E-state index in [1.165, 1.54) is 64.5 Å². The van der Waals surface area contributed by atoms with Gasteiger partial charge >= 0.3 is 0 Å². The Morgan fingerprint density at radius 2 is 1.48 bits per heavy atom. The van der Waals surface area contributed by atoms with Crippen LogP contribution in [0.3, 0.4) is 0 Å². The molecule has 0 spiro atoms. The molecule has 3 atom stereocenters. The summed E-state index contributed by atoms with van der Waals surface area (Å²) in [6.07, 6.45) is 14.4. The summed E-state index contributed by atoms with van der Waals surface area (Å²) < 4.78 is 12.1. The number of hydrogen-bond donors (Lipinski definition) is 0. The fraction of sp³-hybridized carbons (Fsp3) is 0.625. The number of carbonyl (C=O) groups is 1. The molecule has 0 aromatic heterocycles. The maximum atomic E-state index is 13.5. The van der Waals surface area contributed by atoms with Crippen LogP contribution in [0.5, 0.6) is 5.75 Å². The van der Waals surface area contributed by atoms with Gasteiger partial charge in [-0.25, -0.2) is 0 Å². The van der Waals surface area contributed by atoms with Gasteiger partial charge in [-0.3, -0.25) is 9.69 Å². The van der Waals surface area contributed by atoms with Crippen LogP contribution < -0.4 is 4.74 Å². The number of ketones is 1. The smallest absolute Gasteiger partial charge is 0.162 e. The number of hydrogen-bond acceptors (Lipinski definition) is 4. The molecule has 2 aliphatic heterocycles. The third-order valence-electron chi connectivity index (χ3n) is 9.42. The van der Waals surface area contributed by atoms with E-state index in [0.717, 1.165) is 52.8 Å². The normalized spacial score (nSPS) is 23.0. The molecular formula is C40H61NO3. The highest BCUT2D eigenvalue weighted by Crippen LogP contribution is 2.41. The summed E-state index contributed by atoms with van der Waals surface area (Å²) in [5, 5.41) is 0. The van der Waals surface area contributed by atoms with Gasteiger partial charge in [0, 0.05) is 30.4 Å². The first-order chi connectivity index (χ1) is 21.2. The molecule has 0 radical (unpaired) electrons. The van der Waals surface area contributed by atoms with Crippen molar-refractivity contribution in [2.45, 2.75) is 149 Å². The third kappa shape index (κ3) is 9.78. The van der Waals surface area contributed by atoms with E-state index >= 15 is 0 Å². The first kappa shape index (κ1) is 36.0. The van der Waals surface area contributed by atoms with Gasteiger partial charge in [0.1, 0.15) is 11.9 Å².